The largest absolute Gasteiger partial charge is 0.482 e. The van der Waals surface area contributed by atoms with Gasteiger partial charge in [0.25, 0.3) is 5.91 Å². The summed E-state index contributed by atoms with van der Waals surface area (Å²) in [4.78, 5) is 24.1. The minimum atomic E-state index is -0.509. The molecule has 0 aromatic heterocycles. The van der Waals surface area contributed by atoms with E-state index in [1.165, 1.54) is 0 Å². The number of amides is 2. The molecule has 0 radical (unpaired) electrons. The van der Waals surface area contributed by atoms with E-state index in [4.69, 9.17) is 9.47 Å². The molecule has 1 saturated heterocycles. The van der Waals surface area contributed by atoms with Gasteiger partial charge in [0.15, 0.2) is 6.61 Å². The maximum atomic E-state index is 12.8. The quantitative estimate of drug-likeness (QED) is 0.770. The van der Waals surface area contributed by atoms with Crippen LogP contribution in [-0.2, 0) is 14.3 Å². The number of fused-ring (bicyclic) bond motifs is 1. The van der Waals surface area contributed by atoms with E-state index >= 15 is 0 Å². The van der Waals surface area contributed by atoms with Crippen molar-refractivity contribution in [1.82, 2.24) is 5.32 Å². The van der Waals surface area contributed by atoms with Gasteiger partial charge in [0.1, 0.15) is 5.75 Å². The minimum absolute atomic E-state index is 0.0102. The van der Waals surface area contributed by atoms with E-state index < -0.39 is 5.41 Å². The molecule has 0 bridgehead atoms. The highest BCUT2D eigenvalue weighted by molar-refractivity contribution is 5.98. The zero-order chi connectivity index (χ0) is 16.3. The van der Waals surface area contributed by atoms with E-state index in [9.17, 15) is 9.59 Å². The van der Waals surface area contributed by atoms with Gasteiger partial charge in [0.05, 0.1) is 17.7 Å². The van der Waals surface area contributed by atoms with Gasteiger partial charge >= 0.3 is 0 Å². The molecule has 124 valence electrons. The maximum absolute atomic E-state index is 12.8. The van der Waals surface area contributed by atoms with Crippen LogP contribution in [0.1, 0.15) is 12.8 Å². The maximum Gasteiger partial charge on any atom is 0.262 e. The third kappa shape index (κ3) is 3.30. The lowest BCUT2D eigenvalue weighted by Gasteiger charge is -2.35. The predicted molar refractivity (Wildman–Crippen MR) is 85.6 cm³/mol. The van der Waals surface area contributed by atoms with Crippen LogP contribution in [0.5, 0.6) is 5.75 Å². The molecule has 0 aliphatic carbocycles. The van der Waals surface area contributed by atoms with Gasteiger partial charge in [-0.1, -0.05) is 0 Å². The summed E-state index contributed by atoms with van der Waals surface area (Å²) in [5.41, 5.74) is 0.761. The number of hydrogen-bond acceptors (Lipinski definition) is 5. The molecular formula is C16H21N3O4. The Morgan fingerprint density at radius 3 is 2.91 bits per heavy atom. The van der Waals surface area contributed by atoms with Crippen LogP contribution in [0, 0.1) is 5.41 Å². The first kappa shape index (κ1) is 15.8. The Hall–Kier alpha value is -2.12. The lowest BCUT2D eigenvalue weighted by Crippen LogP contribution is -2.47. The SMILES string of the molecule is COCC1(C(=O)Nc2ccc3c(c2)OCC(=O)N3)CCNCC1. The predicted octanol–water partition coefficient (Wildman–Crippen LogP) is 0.972. The van der Waals surface area contributed by atoms with Crippen molar-refractivity contribution in [1.29, 1.82) is 0 Å². The molecule has 1 fully saturated rings. The second kappa shape index (κ2) is 6.55. The number of carbonyl (C=O) groups excluding carboxylic acids is 2. The fraction of sp³-hybridized carbons (Fsp3) is 0.500. The molecule has 3 N–H and O–H groups in total. The number of anilines is 2. The second-order valence-corrected chi connectivity index (χ2v) is 5.97. The Morgan fingerprint density at radius 1 is 1.39 bits per heavy atom. The van der Waals surface area contributed by atoms with Crippen molar-refractivity contribution in [2.45, 2.75) is 12.8 Å². The van der Waals surface area contributed by atoms with Crippen molar-refractivity contribution in [3.05, 3.63) is 18.2 Å². The Kier molecular flexibility index (Phi) is 4.49. The third-order valence-corrected chi connectivity index (χ3v) is 4.34. The van der Waals surface area contributed by atoms with Gasteiger partial charge in [-0.3, -0.25) is 9.59 Å². The molecule has 2 aliphatic heterocycles. The van der Waals surface area contributed by atoms with Crippen molar-refractivity contribution in [2.24, 2.45) is 5.41 Å². The Labute approximate surface area is 134 Å². The molecule has 1 aromatic rings. The number of ether oxygens (including phenoxy) is 2. The molecule has 0 atom stereocenters. The van der Waals surface area contributed by atoms with Crippen molar-refractivity contribution in [3.8, 4) is 5.75 Å². The summed E-state index contributed by atoms with van der Waals surface area (Å²) >= 11 is 0. The molecule has 0 unspecified atom stereocenters. The van der Waals surface area contributed by atoms with Gasteiger partial charge in [0, 0.05) is 18.9 Å². The topological polar surface area (TPSA) is 88.7 Å². The summed E-state index contributed by atoms with van der Waals surface area (Å²) in [6.45, 7) is 1.99. The van der Waals surface area contributed by atoms with E-state index in [2.05, 4.69) is 16.0 Å². The van der Waals surface area contributed by atoms with Crippen LogP contribution < -0.4 is 20.7 Å². The van der Waals surface area contributed by atoms with Crippen LogP contribution in [-0.4, -0.2) is 45.2 Å². The fourth-order valence-electron chi connectivity index (χ4n) is 3.03. The zero-order valence-electron chi connectivity index (χ0n) is 13.1. The summed E-state index contributed by atoms with van der Waals surface area (Å²) in [7, 11) is 1.62. The highest BCUT2D eigenvalue weighted by atomic mass is 16.5. The Morgan fingerprint density at radius 2 is 2.17 bits per heavy atom. The normalized spacial score (nSPS) is 19.3. The van der Waals surface area contributed by atoms with E-state index in [-0.39, 0.29) is 18.4 Å². The zero-order valence-corrected chi connectivity index (χ0v) is 13.1. The van der Waals surface area contributed by atoms with Crippen molar-refractivity contribution >= 4 is 23.2 Å². The summed E-state index contributed by atoms with van der Waals surface area (Å²) < 4.78 is 10.7. The fourth-order valence-corrected chi connectivity index (χ4v) is 3.03. The molecule has 7 nitrogen and oxygen atoms in total. The van der Waals surface area contributed by atoms with E-state index in [0.717, 1.165) is 25.9 Å². The number of nitrogens with one attached hydrogen (secondary N) is 3. The number of piperidine rings is 1. The minimum Gasteiger partial charge on any atom is -0.482 e. The third-order valence-electron chi connectivity index (χ3n) is 4.34. The molecule has 2 heterocycles. The molecule has 1 aromatic carbocycles. The molecular weight excluding hydrogens is 298 g/mol. The summed E-state index contributed by atoms with van der Waals surface area (Å²) in [6.07, 6.45) is 1.48. The highest BCUT2D eigenvalue weighted by Gasteiger charge is 2.39. The lowest BCUT2D eigenvalue weighted by atomic mass is 9.78. The number of carbonyl (C=O) groups is 2. The van der Waals surface area contributed by atoms with Gasteiger partial charge in [-0.05, 0) is 38.1 Å². The van der Waals surface area contributed by atoms with E-state index in [0.29, 0.717) is 23.7 Å². The van der Waals surface area contributed by atoms with Crippen LogP contribution in [0.15, 0.2) is 18.2 Å². The highest BCUT2D eigenvalue weighted by Crippen LogP contribution is 2.34. The Balaban J connectivity index is 1.75. The average molecular weight is 319 g/mol. The van der Waals surface area contributed by atoms with Gasteiger partial charge in [0.2, 0.25) is 5.91 Å². The molecule has 3 rings (SSSR count). The van der Waals surface area contributed by atoms with Gasteiger partial charge in [-0.15, -0.1) is 0 Å². The summed E-state index contributed by atoms with van der Waals surface area (Å²) in [6, 6.07) is 5.22. The number of hydrogen-bond donors (Lipinski definition) is 3. The molecule has 0 spiro atoms. The van der Waals surface area contributed by atoms with Crippen molar-refractivity contribution in [2.75, 3.05) is 44.0 Å². The van der Waals surface area contributed by atoms with Crippen LogP contribution in [0.25, 0.3) is 0 Å². The Bertz CT molecular complexity index is 606. The smallest absolute Gasteiger partial charge is 0.262 e. The monoisotopic (exact) mass is 319 g/mol. The van der Waals surface area contributed by atoms with Crippen LogP contribution in [0.4, 0.5) is 11.4 Å². The van der Waals surface area contributed by atoms with Gasteiger partial charge in [-0.2, -0.15) is 0 Å². The van der Waals surface area contributed by atoms with Crippen molar-refractivity contribution < 1.29 is 19.1 Å². The number of benzene rings is 1. The van der Waals surface area contributed by atoms with Crippen LogP contribution in [0.3, 0.4) is 0 Å². The molecule has 23 heavy (non-hydrogen) atoms. The molecule has 2 aliphatic rings. The average Bonchev–Trinajstić information content (AvgIpc) is 2.56. The first-order valence-corrected chi connectivity index (χ1v) is 7.71. The molecule has 0 saturated carbocycles. The second-order valence-electron chi connectivity index (χ2n) is 5.97. The van der Waals surface area contributed by atoms with Crippen LogP contribution >= 0.6 is 0 Å². The summed E-state index contributed by atoms with van der Waals surface area (Å²) in [5, 5.41) is 8.95. The lowest BCUT2D eigenvalue weighted by molar-refractivity contribution is -0.130. The first-order chi connectivity index (χ1) is 11.1. The van der Waals surface area contributed by atoms with E-state index in [1.54, 1.807) is 25.3 Å². The van der Waals surface area contributed by atoms with Gasteiger partial charge in [-0.25, -0.2) is 0 Å². The standard InChI is InChI=1S/C16H21N3O4/c1-22-10-16(4-6-17-7-5-16)15(21)18-11-2-3-12-13(8-11)23-9-14(20)19-12/h2-3,8,17H,4-7,9-10H2,1H3,(H,18,21)(H,19,20). The van der Waals surface area contributed by atoms with E-state index in [1.807, 2.05) is 0 Å². The number of rotatable bonds is 4. The van der Waals surface area contributed by atoms with Gasteiger partial charge < -0.3 is 25.4 Å². The van der Waals surface area contributed by atoms with Crippen LogP contribution in [0.2, 0.25) is 0 Å². The first-order valence-electron chi connectivity index (χ1n) is 7.71. The van der Waals surface area contributed by atoms with Crippen molar-refractivity contribution in [3.63, 3.8) is 0 Å². The number of methoxy groups -OCH3 is 1. The molecule has 7 heteroatoms. The molecule has 2 amide bonds. The summed E-state index contributed by atoms with van der Waals surface area (Å²) in [5.74, 6) is 0.345.